The third-order valence-corrected chi connectivity index (χ3v) is 4.97. The Morgan fingerprint density at radius 2 is 2.09 bits per heavy atom. The van der Waals surface area contributed by atoms with E-state index < -0.39 is 23.3 Å². The summed E-state index contributed by atoms with van der Waals surface area (Å²) in [6, 6.07) is 9.49. The van der Waals surface area contributed by atoms with Crippen molar-refractivity contribution in [3.8, 4) is 5.88 Å². The molecule has 2 atom stereocenters. The molecule has 0 aliphatic carbocycles. The summed E-state index contributed by atoms with van der Waals surface area (Å²) < 4.78 is 34.4. The second-order valence-electron chi connectivity index (χ2n) is 6.85. The molecule has 0 unspecified atom stereocenters. The lowest BCUT2D eigenvalue weighted by Crippen LogP contribution is -2.54. The number of anilines is 1. The summed E-state index contributed by atoms with van der Waals surface area (Å²) in [7, 11) is 0. The Morgan fingerprint density at radius 1 is 1.38 bits per heavy atom. The van der Waals surface area contributed by atoms with Crippen LogP contribution in [0.5, 0.6) is 5.88 Å². The second-order valence-corrected chi connectivity index (χ2v) is 7.58. The maximum atomic E-state index is 12.7. The van der Waals surface area contributed by atoms with Crippen molar-refractivity contribution in [1.82, 2.24) is 9.88 Å². The number of nitro groups is 1. The average molecular weight is 468 g/mol. The van der Waals surface area contributed by atoms with Gasteiger partial charge in [0.05, 0.1) is 4.92 Å². The Morgan fingerprint density at radius 3 is 2.72 bits per heavy atom. The molecule has 1 aromatic carbocycles. The molecular formula is C19H18F2N4O6S. The van der Waals surface area contributed by atoms with Crippen LogP contribution in [-0.2, 0) is 16.1 Å². The largest absolute Gasteiger partial charge is 0.444 e. The first-order chi connectivity index (χ1) is 15.2. The number of pyridine rings is 1. The molecule has 32 heavy (non-hydrogen) atoms. The number of aldehydes is 1. The molecule has 170 valence electrons. The molecule has 1 amide bonds. The highest BCUT2D eigenvalue weighted by molar-refractivity contribution is 7.81. The number of nitrogens with one attached hydrogen (secondary N) is 1. The van der Waals surface area contributed by atoms with Gasteiger partial charge in [-0.15, -0.1) is 0 Å². The number of carbonyl (C=O) groups is 2. The standard InChI is InChI=1S/C19H18F2N4O6S/c20-17(21)31-16-3-1-2-15(22-16)23-19(11-26)8-14(32)9-24(19)18(27)30-10-12-4-6-13(7-5-12)25(28)29/h1-7,11,14,17,32H,8-10H2,(H,22,23)/t14-,19-/m0/s1. The quantitative estimate of drug-likeness (QED) is 0.262. The Bertz CT molecular complexity index is 996. The number of hydrogen-bond donors (Lipinski definition) is 2. The lowest BCUT2D eigenvalue weighted by atomic mass is 10.1. The number of carbonyl (C=O) groups excluding carboxylic acids is 2. The van der Waals surface area contributed by atoms with Crippen molar-refractivity contribution in [2.24, 2.45) is 0 Å². The fourth-order valence-electron chi connectivity index (χ4n) is 3.20. The molecule has 2 heterocycles. The van der Waals surface area contributed by atoms with Crippen LogP contribution in [0.15, 0.2) is 42.5 Å². The molecule has 3 rings (SSSR count). The van der Waals surface area contributed by atoms with Gasteiger partial charge in [0.1, 0.15) is 12.4 Å². The molecular weight excluding hydrogens is 450 g/mol. The lowest BCUT2D eigenvalue weighted by Gasteiger charge is -2.33. The van der Waals surface area contributed by atoms with Crippen LogP contribution in [0.4, 0.5) is 25.1 Å². The van der Waals surface area contributed by atoms with Crippen molar-refractivity contribution < 1.29 is 32.8 Å². The topological polar surface area (TPSA) is 124 Å². The molecule has 0 radical (unpaired) electrons. The van der Waals surface area contributed by atoms with E-state index in [4.69, 9.17) is 4.74 Å². The molecule has 2 aromatic rings. The van der Waals surface area contributed by atoms with Crippen molar-refractivity contribution in [3.05, 3.63) is 58.1 Å². The molecule has 1 aliphatic heterocycles. The van der Waals surface area contributed by atoms with Gasteiger partial charge in [0, 0.05) is 36.4 Å². The number of likely N-dealkylation sites (tertiary alicyclic amines) is 1. The van der Waals surface area contributed by atoms with E-state index in [1.807, 2.05) is 0 Å². The van der Waals surface area contributed by atoms with Crippen molar-refractivity contribution >= 4 is 36.5 Å². The van der Waals surface area contributed by atoms with E-state index in [-0.39, 0.29) is 42.2 Å². The fraction of sp³-hybridized carbons (Fsp3) is 0.316. The molecule has 13 heteroatoms. The molecule has 0 spiro atoms. The van der Waals surface area contributed by atoms with E-state index in [0.29, 0.717) is 11.8 Å². The smallest absolute Gasteiger partial charge is 0.412 e. The Hall–Kier alpha value is -3.48. The molecule has 10 nitrogen and oxygen atoms in total. The molecule has 0 saturated carbocycles. The zero-order chi connectivity index (χ0) is 23.3. The van der Waals surface area contributed by atoms with Gasteiger partial charge in [-0.1, -0.05) is 6.07 Å². The predicted molar refractivity (Wildman–Crippen MR) is 111 cm³/mol. The first-order valence-electron chi connectivity index (χ1n) is 9.24. The van der Waals surface area contributed by atoms with Gasteiger partial charge in [-0.3, -0.25) is 19.8 Å². The zero-order valence-corrected chi connectivity index (χ0v) is 17.3. The minimum atomic E-state index is -3.07. The van der Waals surface area contributed by atoms with Crippen molar-refractivity contribution in [2.75, 3.05) is 11.9 Å². The van der Waals surface area contributed by atoms with E-state index in [9.17, 15) is 28.5 Å². The minimum Gasteiger partial charge on any atom is -0.444 e. The van der Waals surface area contributed by atoms with E-state index in [1.165, 1.54) is 42.5 Å². The highest BCUT2D eigenvalue weighted by Gasteiger charge is 2.48. The van der Waals surface area contributed by atoms with E-state index in [0.717, 1.165) is 4.90 Å². The number of hydrogen-bond acceptors (Lipinski definition) is 9. The van der Waals surface area contributed by atoms with Gasteiger partial charge in [0.15, 0.2) is 11.9 Å². The summed E-state index contributed by atoms with van der Waals surface area (Å²) in [6.45, 7) is -3.19. The summed E-state index contributed by atoms with van der Waals surface area (Å²) in [5.74, 6) is -0.329. The lowest BCUT2D eigenvalue weighted by molar-refractivity contribution is -0.384. The number of nitro benzene ring substituents is 1. The SMILES string of the molecule is O=C[C@]1(Nc2cccc(OC(F)F)n2)C[C@H](S)CN1C(=O)OCc1ccc([N+](=O)[O-])cc1. The normalized spacial score (nSPS) is 20.1. The summed E-state index contributed by atoms with van der Waals surface area (Å²) in [6.07, 6.45) is -0.230. The van der Waals surface area contributed by atoms with Gasteiger partial charge >= 0.3 is 12.7 Å². The Kier molecular flexibility index (Phi) is 7.08. The van der Waals surface area contributed by atoms with Gasteiger partial charge in [-0.25, -0.2) is 4.79 Å². The number of aromatic nitrogens is 1. The van der Waals surface area contributed by atoms with Crippen LogP contribution in [0.2, 0.25) is 0 Å². The number of benzene rings is 1. The number of thiol groups is 1. The number of nitrogens with zero attached hydrogens (tertiary/aromatic N) is 3. The van der Waals surface area contributed by atoms with Crippen molar-refractivity contribution in [2.45, 2.75) is 30.6 Å². The molecule has 1 fully saturated rings. The Labute approximate surface area is 186 Å². The molecule has 0 bridgehead atoms. The van der Waals surface area contributed by atoms with E-state index >= 15 is 0 Å². The summed E-state index contributed by atoms with van der Waals surface area (Å²) in [5.41, 5.74) is -1.17. The van der Waals surface area contributed by atoms with Crippen LogP contribution in [0.25, 0.3) is 0 Å². The van der Waals surface area contributed by atoms with E-state index in [1.54, 1.807) is 0 Å². The monoisotopic (exact) mass is 468 g/mol. The number of halogens is 2. The molecule has 1 saturated heterocycles. The van der Waals surface area contributed by atoms with Crippen LogP contribution in [-0.4, -0.2) is 51.3 Å². The number of amides is 1. The average Bonchev–Trinajstić information content (AvgIpc) is 3.08. The van der Waals surface area contributed by atoms with Gasteiger partial charge in [-0.05, 0) is 23.8 Å². The van der Waals surface area contributed by atoms with E-state index in [2.05, 4.69) is 27.7 Å². The zero-order valence-electron chi connectivity index (χ0n) is 16.4. The van der Waals surface area contributed by atoms with Gasteiger partial charge in [0.2, 0.25) is 5.88 Å². The second kappa shape index (κ2) is 9.77. The number of non-ortho nitro benzene ring substituents is 1. The fourth-order valence-corrected chi connectivity index (χ4v) is 3.65. The van der Waals surface area contributed by atoms with Crippen LogP contribution in [0.3, 0.4) is 0 Å². The maximum absolute atomic E-state index is 12.7. The predicted octanol–water partition coefficient (Wildman–Crippen LogP) is 3.24. The van der Waals surface area contributed by atoms with Crippen molar-refractivity contribution in [3.63, 3.8) is 0 Å². The molecule has 1 aliphatic rings. The highest BCUT2D eigenvalue weighted by atomic mass is 32.1. The summed E-state index contributed by atoms with van der Waals surface area (Å²) in [4.78, 5) is 40.0. The first-order valence-corrected chi connectivity index (χ1v) is 9.76. The van der Waals surface area contributed by atoms with Crippen LogP contribution in [0, 0.1) is 10.1 Å². The highest BCUT2D eigenvalue weighted by Crippen LogP contribution is 2.33. The first kappa shape index (κ1) is 23.2. The van der Waals surface area contributed by atoms with Crippen LogP contribution >= 0.6 is 12.6 Å². The van der Waals surface area contributed by atoms with Gasteiger partial charge < -0.3 is 14.8 Å². The molecule has 1 N–H and O–H groups in total. The molecule has 1 aromatic heterocycles. The third-order valence-electron chi connectivity index (χ3n) is 4.62. The maximum Gasteiger partial charge on any atom is 0.412 e. The number of alkyl halides is 2. The Balaban J connectivity index is 1.73. The minimum absolute atomic E-state index is 0.0332. The number of rotatable bonds is 8. The summed E-state index contributed by atoms with van der Waals surface area (Å²) >= 11 is 4.36. The van der Waals surface area contributed by atoms with Crippen LogP contribution < -0.4 is 10.1 Å². The number of ether oxygens (including phenoxy) is 2. The summed E-state index contributed by atoms with van der Waals surface area (Å²) in [5, 5.41) is 13.1. The van der Waals surface area contributed by atoms with Gasteiger partial charge in [0.25, 0.3) is 5.69 Å². The van der Waals surface area contributed by atoms with Gasteiger partial charge in [-0.2, -0.15) is 26.4 Å². The van der Waals surface area contributed by atoms with Crippen LogP contribution in [0.1, 0.15) is 12.0 Å². The third kappa shape index (κ3) is 5.41. The van der Waals surface area contributed by atoms with Crippen molar-refractivity contribution in [1.29, 1.82) is 0 Å².